The third-order valence-electron chi connectivity index (χ3n) is 4.50. The molecule has 0 unspecified atom stereocenters. The largest absolute Gasteiger partial charge is 0.339 e. The van der Waals surface area contributed by atoms with E-state index in [0.717, 1.165) is 12.8 Å². The second-order valence-electron chi connectivity index (χ2n) is 6.28. The molecule has 1 N–H and O–H groups in total. The number of amides is 1. The van der Waals surface area contributed by atoms with E-state index in [0.29, 0.717) is 30.2 Å². The summed E-state index contributed by atoms with van der Waals surface area (Å²) < 4.78 is 27.3. The van der Waals surface area contributed by atoms with E-state index in [1.807, 2.05) is 0 Å². The molecule has 6 nitrogen and oxygen atoms in total. The molecule has 1 aliphatic heterocycles. The van der Waals surface area contributed by atoms with Gasteiger partial charge < -0.3 is 4.90 Å². The number of hydrogen-bond donors (Lipinski definition) is 1. The third-order valence-corrected chi connectivity index (χ3v) is 6.15. The molecule has 0 spiro atoms. The highest BCUT2D eigenvalue weighted by Crippen LogP contribution is 2.20. The quantitative estimate of drug-likeness (QED) is 0.846. The maximum atomic E-state index is 12.4. The Bertz CT molecular complexity index is 866. The molecule has 138 valence electrons. The zero-order chi connectivity index (χ0) is 18.6. The molecule has 1 aromatic carbocycles. The molecular formula is C18H20ClN3O3S. The molecule has 1 saturated heterocycles. The molecule has 1 fully saturated rings. The number of nitrogens with one attached hydrogen (secondary N) is 1. The minimum absolute atomic E-state index is 0.00893. The minimum atomic E-state index is -3.58. The van der Waals surface area contributed by atoms with Crippen LogP contribution in [0, 0.1) is 5.92 Å². The Morgan fingerprint density at radius 3 is 2.54 bits per heavy atom. The molecule has 3 rings (SSSR count). The van der Waals surface area contributed by atoms with E-state index < -0.39 is 10.0 Å². The lowest BCUT2D eigenvalue weighted by molar-refractivity contribution is 0.0692. The number of likely N-dealkylation sites (tertiary alicyclic amines) is 1. The highest BCUT2D eigenvalue weighted by molar-refractivity contribution is 7.89. The molecule has 1 aliphatic rings. The van der Waals surface area contributed by atoms with Crippen molar-refractivity contribution in [1.29, 1.82) is 0 Å². The van der Waals surface area contributed by atoms with Crippen LogP contribution in [0.25, 0.3) is 0 Å². The van der Waals surface area contributed by atoms with Crippen LogP contribution in [0.2, 0.25) is 5.02 Å². The lowest BCUT2D eigenvalue weighted by atomic mass is 9.97. The highest BCUT2D eigenvalue weighted by Gasteiger charge is 2.25. The molecule has 8 heteroatoms. The first-order valence-corrected chi connectivity index (χ1v) is 10.3. The first kappa shape index (κ1) is 18.8. The number of rotatable bonds is 5. The zero-order valence-corrected chi connectivity index (χ0v) is 15.7. The van der Waals surface area contributed by atoms with Crippen LogP contribution in [-0.2, 0) is 10.0 Å². The number of piperidine rings is 1. The zero-order valence-electron chi connectivity index (χ0n) is 14.1. The smallest absolute Gasteiger partial charge is 0.253 e. The summed E-state index contributed by atoms with van der Waals surface area (Å²) in [6.07, 6.45) is 4.72. The van der Waals surface area contributed by atoms with Gasteiger partial charge in [0.2, 0.25) is 10.0 Å². The van der Waals surface area contributed by atoms with Gasteiger partial charge in [-0.25, -0.2) is 13.1 Å². The summed E-state index contributed by atoms with van der Waals surface area (Å²) in [4.78, 5) is 18.3. The first-order chi connectivity index (χ1) is 12.5. The Balaban J connectivity index is 1.52. The van der Waals surface area contributed by atoms with E-state index in [2.05, 4.69) is 9.71 Å². The molecule has 1 aromatic heterocycles. The van der Waals surface area contributed by atoms with Crippen molar-refractivity contribution in [2.24, 2.45) is 5.92 Å². The number of halogens is 1. The number of carbonyl (C=O) groups excluding carboxylic acids is 1. The fourth-order valence-electron chi connectivity index (χ4n) is 2.96. The summed E-state index contributed by atoms with van der Waals surface area (Å²) in [5, 5.41) is 0.385. The van der Waals surface area contributed by atoms with Crippen LogP contribution in [0.15, 0.2) is 53.7 Å². The number of pyridine rings is 1. The minimum Gasteiger partial charge on any atom is -0.339 e. The van der Waals surface area contributed by atoms with Gasteiger partial charge in [0.1, 0.15) is 0 Å². The van der Waals surface area contributed by atoms with Gasteiger partial charge in [0.15, 0.2) is 0 Å². The third kappa shape index (κ3) is 4.60. The molecule has 0 aliphatic carbocycles. The van der Waals surface area contributed by atoms with E-state index in [1.54, 1.807) is 41.6 Å². The van der Waals surface area contributed by atoms with Crippen molar-refractivity contribution in [1.82, 2.24) is 14.6 Å². The van der Waals surface area contributed by atoms with E-state index >= 15 is 0 Å². The van der Waals surface area contributed by atoms with Crippen LogP contribution in [0.5, 0.6) is 0 Å². The van der Waals surface area contributed by atoms with E-state index in [1.165, 1.54) is 12.1 Å². The molecule has 0 radical (unpaired) electrons. The van der Waals surface area contributed by atoms with E-state index in [-0.39, 0.29) is 16.7 Å². The first-order valence-electron chi connectivity index (χ1n) is 8.40. The Morgan fingerprint density at radius 2 is 1.88 bits per heavy atom. The normalized spacial score (nSPS) is 15.8. The van der Waals surface area contributed by atoms with Gasteiger partial charge in [0.05, 0.1) is 4.90 Å². The number of aromatic nitrogens is 1. The van der Waals surface area contributed by atoms with Gasteiger partial charge in [0, 0.05) is 42.6 Å². The standard InChI is InChI=1S/C18H20ClN3O3S/c19-16-2-1-3-17(12-16)26(24,25)21-13-14-6-10-22(11-7-14)18(23)15-4-8-20-9-5-15/h1-5,8-9,12,14,21H,6-7,10-11,13H2. The SMILES string of the molecule is O=C(c1ccncc1)N1CCC(CNS(=O)(=O)c2cccc(Cl)c2)CC1. The predicted molar refractivity (Wildman–Crippen MR) is 99.5 cm³/mol. The summed E-state index contributed by atoms with van der Waals surface area (Å²) >= 11 is 5.86. The number of sulfonamides is 1. The lowest BCUT2D eigenvalue weighted by Crippen LogP contribution is -2.41. The van der Waals surface area contributed by atoms with Crippen molar-refractivity contribution in [3.05, 3.63) is 59.4 Å². The van der Waals surface area contributed by atoms with Crippen LogP contribution in [0.4, 0.5) is 0 Å². The summed E-state index contributed by atoms with van der Waals surface area (Å²) in [5.74, 6) is 0.191. The fraction of sp³-hybridized carbons (Fsp3) is 0.333. The lowest BCUT2D eigenvalue weighted by Gasteiger charge is -2.32. The van der Waals surface area contributed by atoms with Gasteiger partial charge in [0.25, 0.3) is 5.91 Å². The van der Waals surface area contributed by atoms with Gasteiger partial charge in [-0.1, -0.05) is 17.7 Å². The molecule has 0 saturated carbocycles. The van der Waals surface area contributed by atoms with Crippen molar-refractivity contribution in [2.75, 3.05) is 19.6 Å². The molecule has 2 aromatic rings. The second kappa shape index (κ2) is 8.16. The number of carbonyl (C=O) groups is 1. The maximum Gasteiger partial charge on any atom is 0.253 e. The highest BCUT2D eigenvalue weighted by atomic mass is 35.5. The van der Waals surface area contributed by atoms with Crippen molar-refractivity contribution < 1.29 is 13.2 Å². The van der Waals surface area contributed by atoms with E-state index in [4.69, 9.17) is 11.6 Å². The molecule has 0 bridgehead atoms. The molecule has 0 atom stereocenters. The number of nitrogens with zero attached hydrogens (tertiary/aromatic N) is 2. The van der Waals surface area contributed by atoms with Crippen molar-refractivity contribution >= 4 is 27.5 Å². The van der Waals surface area contributed by atoms with Gasteiger partial charge >= 0.3 is 0 Å². The van der Waals surface area contributed by atoms with Gasteiger partial charge in [-0.3, -0.25) is 9.78 Å². The summed E-state index contributed by atoms with van der Waals surface area (Å²) in [5.41, 5.74) is 0.625. The Kier molecular flexibility index (Phi) is 5.90. The van der Waals surface area contributed by atoms with E-state index in [9.17, 15) is 13.2 Å². The second-order valence-corrected chi connectivity index (χ2v) is 8.48. The average molecular weight is 394 g/mol. The van der Waals surface area contributed by atoms with Crippen molar-refractivity contribution in [3.63, 3.8) is 0 Å². The van der Waals surface area contributed by atoms with Gasteiger partial charge in [-0.05, 0) is 49.1 Å². The van der Waals surface area contributed by atoms with Crippen LogP contribution < -0.4 is 4.72 Å². The fourth-order valence-corrected chi connectivity index (χ4v) is 4.38. The molecule has 2 heterocycles. The Labute approximate surface area is 158 Å². The van der Waals surface area contributed by atoms with Crippen molar-refractivity contribution in [3.8, 4) is 0 Å². The Morgan fingerprint density at radius 1 is 1.19 bits per heavy atom. The van der Waals surface area contributed by atoms with Crippen LogP contribution >= 0.6 is 11.6 Å². The molecular weight excluding hydrogens is 374 g/mol. The van der Waals surface area contributed by atoms with Crippen molar-refractivity contribution in [2.45, 2.75) is 17.7 Å². The average Bonchev–Trinajstić information content (AvgIpc) is 2.67. The number of hydrogen-bond acceptors (Lipinski definition) is 4. The number of benzene rings is 1. The van der Waals surface area contributed by atoms with Gasteiger partial charge in [-0.15, -0.1) is 0 Å². The van der Waals surface area contributed by atoms with Gasteiger partial charge in [-0.2, -0.15) is 0 Å². The Hall–Kier alpha value is -1.96. The van der Waals surface area contributed by atoms with Crippen LogP contribution in [-0.4, -0.2) is 43.8 Å². The van der Waals surface area contributed by atoms with Crippen LogP contribution in [0.1, 0.15) is 23.2 Å². The summed E-state index contributed by atoms with van der Waals surface area (Å²) in [7, 11) is -3.58. The van der Waals surface area contributed by atoms with Crippen LogP contribution in [0.3, 0.4) is 0 Å². The monoisotopic (exact) mass is 393 g/mol. The molecule has 26 heavy (non-hydrogen) atoms. The maximum absolute atomic E-state index is 12.4. The summed E-state index contributed by atoms with van der Waals surface area (Å²) in [6, 6.07) is 9.60. The topological polar surface area (TPSA) is 79.4 Å². The predicted octanol–water partition coefficient (Wildman–Crippen LogP) is 2.57. The summed E-state index contributed by atoms with van der Waals surface area (Å²) in [6.45, 7) is 1.58. The molecule has 1 amide bonds.